The van der Waals surface area contributed by atoms with Crippen molar-refractivity contribution in [1.82, 2.24) is 0 Å². The minimum Gasteiger partial charge on any atom is -0.361 e. The first kappa shape index (κ1) is 11.9. The van der Waals surface area contributed by atoms with Gasteiger partial charge in [0.05, 0.1) is 0 Å². The molecule has 0 heterocycles. The molecule has 0 unspecified atom stereocenters. The van der Waals surface area contributed by atoms with Crippen molar-refractivity contribution >= 4 is 35.7 Å². The molecule has 0 bridgehead atoms. The number of rotatable bonds is 0. The van der Waals surface area contributed by atoms with Crippen molar-refractivity contribution in [2.75, 3.05) is 0 Å². The van der Waals surface area contributed by atoms with Gasteiger partial charge in [-0.1, -0.05) is 0 Å². The van der Waals surface area contributed by atoms with Gasteiger partial charge in [-0.2, -0.15) is 0 Å². The Balaban J connectivity index is 3.77. The molecule has 0 aromatic rings. The number of hydrogen-bond acceptors (Lipinski definition) is 8. The van der Waals surface area contributed by atoms with Gasteiger partial charge in [-0.15, -0.1) is 0 Å². The predicted molar refractivity (Wildman–Crippen MR) is 46.2 cm³/mol. The Morgan fingerprint density at radius 2 is 1.64 bits per heavy atom. The number of thiocarbonyl (C=S) groups is 1. The van der Waals surface area contributed by atoms with Crippen LogP contribution in [0, 0.1) is 10.8 Å². The molecule has 10 heteroatoms. The highest BCUT2D eigenvalue weighted by atomic mass is 32.1. The van der Waals surface area contributed by atoms with Crippen molar-refractivity contribution < 1.29 is 24.0 Å². The van der Waals surface area contributed by atoms with Crippen molar-refractivity contribution in [2.45, 2.75) is 0 Å². The fraction of sp³-hybridized carbons (Fsp3) is 0. The van der Waals surface area contributed by atoms with Crippen molar-refractivity contribution in [2.24, 2.45) is 11.5 Å². The summed E-state index contributed by atoms with van der Waals surface area (Å²) >= 11 is 4.22. The summed E-state index contributed by atoms with van der Waals surface area (Å²) in [4.78, 5) is 18.0. The molecular weight excluding hydrogens is 216 g/mol. The van der Waals surface area contributed by atoms with Gasteiger partial charge in [-0.05, 0) is 12.2 Å². The number of nitrogens with one attached hydrogen (secondary N) is 2. The SMILES string of the molecule is N=C(OOC(N)=S)OC(=N)OC(N)=O. The summed E-state index contributed by atoms with van der Waals surface area (Å²) in [6.45, 7) is 0. The first-order chi connectivity index (χ1) is 6.41. The van der Waals surface area contributed by atoms with Gasteiger partial charge in [-0.25, -0.2) is 20.5 Å². The van der Waals surface area contributed by atoms with E-state index in [1.165, 1.54) is 0 Å². The Kier molecular flexibility index (Phi) is 4.70. The van der Waals surface area contributed by atoms with Crippen LogP contribution in [0.15, 0.2) is 0 Å². The van der Waals surface area contributed by atoms with E-state index in [1.807, 2.05) is 0 Å². The fourth-order valence-electron chi connectivity index (χ4n) is 0.292. The van der Waals surface area contributed by atoms with Gasteiger partial charge in [0.1, 0.15) is 0 Å². The molecule has 0 radical (unpaired) electrons. The highest BCUT2D eigenvalue weighted by molar-refractivity contribution is 7.79. The van der Waals surface area contributed by atoms with Crippen molar-refractivity contribution in [3.8, 4) is 0 Å². The normalized spacial score (nSPS) is 8.29. The molecule has 9 nitrogen and oxygen atoms in total. The van der Waals surface area contributed by atoms with E-state index in [4.69, 9.17) is 16.6 Å². The molecule has 0 aliphatic heterocycles. The third kappa shape index (κ3) is 6.60. The quantitative estimate of drug-likeness (QED) is 0.137. The Hall–Kier alpha value is -2.10. The smallest absolute Gasteiger partial charge is 0.361 e. The number of ether oxygens (including phenoxy) is 2. The molecule has 0 aromatic heterocycles. The molecular formula is C4H6N4O5S. The second-order valence-corrected chi connectivity index (χ2v) is 1.99. The van der Waals surface area contributed by atoms with Gasteiger partial charge < -0.3 is 20.9 Å². The maximum atomic E-state index is 10.1. The lowest BCUT2D eigenvalue weighted by atomic mass is 11.1. The third-order valence-electron chi connectivity index (χ3n) is 0.578. The standard InChI is InChI=1S/C4H6N4O5S/c5-1(9)10-2(6)11-3(7)12-13-4(8)14/h6-7H,(H2,5,9)(H2,8,14). The molecule has 78 valence electrons. The summed E-state index contributed by atoms with van der Waals surface area (Å²) in [5.74, 6) is 0. The van der Waals surface area contributed by atoms with Gasteiger partial charge in [-0.3, -0.25) is 4.89 Å². The van der Waals surface area contributed by atoms with Crippen LogP contribution in [0.2, 0.25) is 0 Å². The number of nitrogens with two attached hydrogens (primary N) is 2. The topological polar surface area (TPSA) is 154 Å². The van der Waals surface area contributed by atoms with E-state index in [1.54, 1.807) is 0 Å². The Bertz CT molecular complexity index is 279. The highest BCUT2D eigenvalue weighted by Crippen LogP contribution is 1.88. The molecule has 1 amide bonds. The monoisotopic (exact) mass is 222 g/mol. The minimum absolute atomic E-state index is 0.485. The Labute approximate surface area is 82.8 Å². The lowest BCUT2D eigenvalue weighted by molar-refractivity contribution is -0.151. The van der Waals surface area contributed by atoms with Crippen LogP contribution in [0.25, 0.3) is 0 Å². The van der Waals surface area contributed by atoms with E-state index in [2.05, 4.69) is 37.2 Å². The first-order valence-electron chi connectivity index (χ1n) is 2.88. The summed E-state index contributed by atoms with van der Waals surface area (Å²) in [5.41, 5.74) is 9.35. The first-order valence-corrected chi connectivity index (χ1v) is 3.29. The number of carbonyl (C=O) groups excluding carboxylic acids is 1. The van der Waals surface area contributed by atoms with E-state index in [-0.39, 0.29) is 0 Å². The maximum absolute atomic E-state index is 10.1. The van der Waals surface area contributed by atoms with E-state index in [0.717, 1.165) is 0 Å². The zero-order chi connectivity index (χ0) is 11.1. The van der Waals surface area contributed by atoms with E-state index in [9.17, 15) is 4.79 Å². The van der Waals surface area contributed by atoms with Crippen LogP contribution in [0.1, 0.15) is 0 Å². The van der Waals surface area contributed by atoms with Gasteiger partial charge in [0, 0.05) is 0 Å². The van der Waals surface area contributed by atoms with Gasteiger partial charge in [0.25, 0.3) is 0 Å². The fourth-order valence-corrected chi connectivity index (χ4v) is 0.326. The molecule has 6 N–H and O–H groups in total. The highest BCUT2D eigenvalue weighted by Gasteiger charge is 2.10. The van der Waals surface area contributed by atoms with Crippen LogP contribution in [0.4, 0.5) is 4.79 Å². The van der Waals surface area contributed by atoms with Gasteiger partial charge in [0.2, 0.25) is 0 Å². The molecule has 14 heavy (non-hydrogen) atoms. The zero-order valence-corrected chi connectivity index (χ0v) is 7.42. The number of primary amides is 1. The summed E-state index contributed by atoms with van der Waals surface area (Å²) in [5, 5.41) is 13.1. The van der Waals surface area contributed by atoms with E-state index < -0.39 is 23.4 Å². The van der Waals surface area contributed by atoms with E-state index >= 15 is 0 Å². The molecule has 0 saturated heterocycles. The molecule has 0 spiro atoms. The molecule has 0 atom stereocenters. The summed E-state index contributed by atoms with van der Waals surface area (Å²) < 4.78 is 7.98. The van der Waals surface area contributed by atoms with Gasteiger partial charge in [0.15, 0.2) is 0 Å². The number of carbonyl (C=O) groups is 1. The zero-order valence-electron chi connectivity index (χ0n) is 6.60. The van der Waals surface area contributed by atoms with E-state index in [0.29, 0.717) is 0 Å². The third-order valence-corrected chi connectivity index (χ3v) is 0.646. The minimum atomic E-state index is -1.27. The average molecular weight is 222 g/mol. The summed E-state index contributed by atoms with van der Waals surface area (Å²) in [6.07, 6.45) is -3.31. The second-order valence-electron chi connectivity index (χ2n) is 1.58. The van der Waals surface area contributed by atoms with Crippen LogP contribution in [0.5, 0.6) is 0 Å². The average Bonchev–Trinajstić information content (AvgIpc) is 1.98. The lowest BCUT2D eigenvalue weighted by Gasteiger charge is -2.05. The van der Waals surface area contributed by atoms with Gasteiger partial charge >= 0.3 is 23.4 Å². The Morgan fingerprint density at radius 3 is 2.07 bits per heavy atom. The molecule has 0 rings (SSSR count). The Morgan fingerprint density at radius 1 is 1.07 bits per heavy atom. The molecule has 0 aliphatic rings. The molecule has 0 fully saturated rings. The van der Waals surface area contributed by atoms with Crippen molar-refractivity contribution in [3.05, 3.63) is 0 Å². The van der Waals surface area contributed by atoms with Crippen molar-refractivity contribution in [1.29, 1.82) is 10.8 Å². The van der Waals surface area contributed by atoms with Crippen LogP contribution in [-0.4, -0.2) is 23.4 Å². The van der Waals surface area contributed by atoms with Crippen molar-refractivity contribution in [3.63, 3.8) is 0 Å². The lowest BCUT2D eigenvalue weighted by Crippen LogP contribution is -2.24. The second kappa shape index (κ2) is 5.53. The maximum Gasteiger partial charge on any atom is 0.434 e. The number of amides is 1. The summed E-state index contributed by atoms with van der Waals surface area (Å²) in [7, 11) is 0. The predicted octanol–water partition coefficient (Wildman–Crippen LogP) is -0.840. The molecule has 0 saturated carbocycles. The molecule has 0 aliphatic carbocycles. The van der Waals surface area contributed by atoms with Crippen LogP contribution >= 0.6 is 12.2 Å². The molecule has 0 aromatic carbocycles. The number of hydrogen-bond donors (Lipinski definition) is 4. The van der Waals surface area contributed by atoms with Crippen LogP contribution in [-0.2, 0) is 19.2 Å². The largest absolute Gasteiger partial charge is 0.434 e. The summed E-state index contributed by atoms with van der Waals surface area (Å²) in [6, 6.07) is 0. The van der Waals surface area contributed by atoms with Crippen LogP contribution < -0.4 is 11.5 Å². The van der Waals surface area contributed by atoms with Crippen LogP contribution in [0.3, 0.4) is 0 Å².